The Labute approximate surface area is 117 Å². The third kappa shape index (κ3) is 2.91. The molecule has 0 fully saturated rings. The molecule has 0 saturated carbocycles. The van der Waals surface area contributed by atoms with Crippen molar-refractivity contribution in [2.75, 3.05) is 4.72 Å². The van der Waals surface area contributed by atoms with Crippen molar-refractivity contribution in [1.29, 1.82) is 0 Å². The minimum atomic E-state index is -3.84. The fraction of sp³-hybridized carbons (Fsp3) is 0.222. The number of nitrogens with zero attached hydrogens (tertiary/aromatic N) is 2. The van der Waals surface area contributed by atoms with Crippen LogP contribution in [-0.4, -0.2) is 28.9 Å². The smallest absolute Gasteiger partial charge is 0.345 e. The van der Waals surface area contributed by atoms with Gasteiger partial charge in [-0.25, -0.2) is 18.2 Å². The first-order valence-corrected chi connectivity index (χ1v) is 8.04. The summed E-state index contributed by atoms with van der Waals surface area (Å²) in [5, 5.41) is 9.01. The molecule has 0 spiro atoms. The largest absolute Gasteiger partial charge is 0.477 e. The van der Waals surface area contributed by atoms with E-state index in [-0.39, 0.29) is 14.9 Å². The molecule has 0 aliphatic heterocycles. The molecule has 0 radical (unpaired) electrons. The number of anilines is 1. The summed E-state index contributed by atoms with van der Waals surface area (Å²) in [6, 6.07) is 1.14. The average molecular weight is 319 g/mol. The Morgan fingerprint density at radius 1 is 1.42 bits per heavy atom. The van der Waals surface area contributed by atoms with Crippen LogP contribution in [0.2, 0.25) is 0 Å². The van der Waals surface area contributed by atoms with Crippen LogP contribution in [0.1, 0.15) is 20.4 Å². The van der Waals surface area contributed by atoms with Gasteiger partial charge >= 0.3 is 5.97 Å². The number of hydrogen-bond acceptors (Lipinski definition) is 7. The highest BCUT2D eigenvalue weighted by Gasteiger charge is 2.23. The molecule has 10 heteroatoms. The van der Waals surface area contributed by atoms with Crippen molar-refractivity contribution < 1.29 is 18.3 Å². The molecule has 2 rings (SSSR count). The number of carboxylic acids is 1. The number of thiophene rings is 1. The SMILES string of the molecule is Cc1nsc(NS(=O)(=O)c2cc(C(=O)O)sc2C)n1. The van der Waals surface area contributed by atoms with E-state index in [4.69, 9.17) is 5.11 Å². The van der Waals surface area contributed by atoms with E-state index in [2.05, 4.69) is 14.1 Å². The van der Waals surface area contributed by atoms with Crippen LogP contribution >= 0.6 is 22.9 Å². The lowest BCUT2D eigenvalue weighted by atomic mass is 10.4. The van der Waals surface area contributed by atoms with Gasteiger partial charge in [0.25, 0.3) is 10.0 Å². The van der Waals surface area contributed by atoms with Crippen molar-refractivity contribution in [2.45, 2.75) is 18.7 Å². The van der Waals surface area contributed by atoms with Crippen molar-refractivity contribution in [3.8, 4) is 0 Å². The lowest BCUT2D eigenvalue weighted by Crippen LogP contribution is -2.13. The predicted molar refractivity (Wildman–Crippen MR) is 71.5 cm³/mol. The maximum absolute atomic E-state index is 12.1. The molecule has 0 aliphatic rings. The summed E-state index contributed by atoms with van der Waals surface area (Å²) < 4.78 is 30.4. The second-order valence-electron chi connectivity index (χ2n) is 3.59. The predicted octanol–water partition coefficient (Wildman–Crippen LogP) is 1.72. The van der Waals surface area contributed by atoms with Crippen LogP contribution in [-0.2, 0) is 10.0 Å². The lowest BCUT2D eigenvalue weighted by Gasteiger charge is -2.03. The van der Waals surface area contributed by atoms with Gasteiger partial charge in [0.15, 0.2) is 0 Å². The zero-order valence-electron chi connectivity index (χ0n) is 9.87. The summed E-state index contributed by atoms with van der Waals surface area (Å²) in [5.74, 6) is -0.683. The Bertz CT molecular complexity index is 732. The van der Waals surface area contributed by atoms with Crippen LogP contribution < -0.4 is 4.72 Å². The van der Waals surface area contributed by atoms with Crippen LogP contribution in [0.4, 0.5) is 5.13 Å². The standard InChI is InChI=1S/C9H9N3O4S3/c1-4-7(3-6(17-4)8(13)14)19(15,16)12-9-10-5(2)11-18-9/h3H,1-2H3,(H,13,14)(H,10,11,12). The average Bonchev–Trinajstić information content (AvgIpc) is 2.85. The summed E-state index contributed by atoms with van der Waals surface area (Å²) in [4.78, 5) is 15.1. The molecule has 7 nitrogen and oxygen atoms in total. The Hall–Kier alpha value is -1.52. The van der Waals surface area contributed by atoms with E-state index in [1.54, 1.807) is 13.8 Å². The van der Waals surface area contributed by atoms with Gasteiger partial charge in [-0.3, -0.25) is 4.72 Å². The lowest BCUT2D eigenvalue weighted by molar-refractivity contribution is 0.0702. The number of aromatic carboxylic acids is 1. The van der Waals surface area contributed by atoms with Crippen molar-refractivity contribution in [2.24, 2.45) is 0 Å². The molecule has 2 aromatic rings. The number of carbonyl (C=O) groups is 1. The van der Waals surface area contributed by atoms with Crippen LogP contribution in [0, 0.1) is 13.8 Å². The van der Waals surface area contributed by atoms with Gasteiger partial charge in [-0.2, -0.15) is 4.37 Å². The molecule has 0 unspecified atom stereocenters. The summed E-state index contributed by atoms with van der Waals surface area (Å²) in [6.45, 7) is 3.20. The fourth-order valence-electron chi connectivity index (χ4n) is 1.35. The molecular weight excluding hydrogens is 310 g/mol. The molecule has 0 atom stereocenters. The van der Waals surface area contributed by atoms with Crippen LogP contribution in [0.5, 0.6) is 0 Å². The summed E-state index contributed by atoms with van der Waals surface area (Å²) in [5.41, 5.74) is 0. The van der Waals surface area contributed by atoms with Crippen LogP contribution in [0.3, 0.4) is 0 Å². The van der Waals surface area contributed by atoms with Crippen molar-refractivity contribution in [3.63, 3.8) is 0 Å². The second-order valence-corrected chi connectivity index (χ2v) is 7.25. The third-order valence-corrected chi connectivity index (χ3v) is 5.61. The van der Waals surface area contributed by atoms with Crippen molar-refractivity contribution in [3.05, 3.63) is 21.6 Å². The van der Waals surface area contributed by atoms with E-state index < -0.39 is 16.0 Å². The first kappa shape index (κ1) is 13.9. The van der Waals surface area contributed by atoms with E-state index in [0.717, 1.165) is 28.9 Å². The van der Waals surface area contributed by atoms with Gasteiger partial charge in [0.05, 0.1) is 0 Å². The maximum atomic E-state index is 12.1. The number of aryl methyl sites for hydroxylation is 2. The van der Waals surface area contributed by atoms with Gasteiger partial charge in [-0.1, -0.05) is 0 Å². The molecule has 0 bridgehead atoms. The van der Waals surface area contributed by atoms with E-state index in [1.807, 2.05) is 0 Å². The number of hydrogen-bond donors (Lipinski definition) is 2. The van der Waals surface area contributed by atoms with E-state index in [1.165, 1.54) is 0 Å². The van der Waals surface area contributed by atoms with Crippen LogP contribution in [0.25, 0.3) is 0 Å². The molecule has 0 aliphatic carbocycles. The quantitative estimate of drug-likeness (QED) is 0.888. The normalized spacial score (nSPS) is 11.5. The second kappa shape index (κ2) is 4.87. The molecule has 2 N–H and O–H groups in total. The molecule has 19 heavy (non-hydrogen) atoms. The maximum Gasteiger partial charge on any atom is 0.345 e. The number of nitrogens with one attached hydrogen (secondary N) is 1. The van der Waals surface area contributed by atoms with Gasteiger partial charge in [-0.05, 0) is 19.9 Å². The monoisotopic (exact) mass is 319 g/mol. The Kier molecular flexibility index (Phi) is 3.56. The first-order valence-electron chi connectivity index (χ1n) is 4.96. The molecule has 0 aromatic carbocycles. The Morgan fingerprint density at radius 3 is 2.58 bits per heavy atom. The third-order valence-electron chi connectivity index (χ3n) is 2.12. The summed E-state index contributed by atoms with van der Waals surface area (Å²) in [7, 11) is -3.84. The number of carboxylic acid groups (broad SMARTS) is 1. The fourth-order valence-corrected chi connectivity index (χ4v) is 4.58. The minimum Gasteiger partial charge on any atom is -0.477 e. The highest BCUT2D eigenvalue weighted by atomic mass is 32.2. The summed E-state index contributed by atoms with van der Waals surface area (Å²) >= 11 is 1.84. The van der Waals surface area contributed by atoms with Gasteiger partial charge < -0.3 is 5.11 Å². The molecule has 2 aromatic heterocycles. The zero-order chi connectivity index (χ0) is 14.2. The van der Waals surface area contributed by atoms with E-state index >= 15 is 0 Å². The molecule has 2 heterocycles. The Balaban J connectivity index is 2.37. The highest BCUT2D eigenvalue weighted by molar-refractivity contribution is 7.93. The van der Waals surface area contributed by atoms with Crippen LogP contribution in [0.15, 0.2) is 11.0 Å². The van der Waals surface area contributed by atoms with Gasteiger partial charge in [0.2, 0.25) is 5.13 Å². The highest BCUT2D eigenvalue weighted by Crippen LogP contribution is 2.27. The summed E-state index contributed by atoms with van der Waals surface area (Å²) in [6.07, 6.45) is 0. The number of sulfonamides is 1. The van der Waals surface area contributed by atoms with E-state index in [0.29, 0.717) is 10.7 Å². The minimum absolute atomic E-state index is 0.0219. The topological polar surface area (TPSA) is 109 Å². The number of aromatic nitrogens is 2. The first-order chi connectivity index (χ1) is 8.79. The van der Waals surface area contributed by atoms with E-state index in [9.17, 15) is 13.2 Å². The van der Waals surface area contributed by atoms with Gasteiger partial charge in [-0.15, -0.1) is 11.3 Å². The van der Waals surface area contributed by atoms with Crippen molar-refractivity contribution in [1.82, 2.24) is 9.36 Å². The zero-order valence-corrected chi connectivity index (χ0v) is 12.3. The Morgan fingerprint density at radius 2 is 2.11 bits per heavy atom. The molecule has 102 valence electrons. The van der Waals surface area contributed by atoms with Crippen molar-refractivity contribution >= 4 is 44.0 Å². The molecule has 0 saturated heterocycles. The van der Waals surface area contributed by atoms with Gasteiger partial charge in [0.1, 0.15) is 15.6 Å². The number of rotatable bonds is 4. The van der Waals surface area contributed by atoms with Gasteiger partial charge in [0, 0.05) is 16.4 Å². The molecular formula is C9H9N3O4S3. The molecule has 0 amide bonds.